The molecule has 0 spiro atoms. The molecule has 1 unspecified atom stereocenters. The van der Waals surface area contributed by atoms with Gasteiger partial charge in [0.2, 0.25) is 0 Å². The van der Waals surface area contributed by atoms with Crippen molar-refractivity contribution in [1.29, 1.82) is 5.26 Å². The third kappa shape index (κ3) is 8.19. The Morgan fingerprint density at radius 1 is 0.818 bits per heavy atom. The Morgan fingerprint density at radius 3 is 1.93 bits per heavy atom. The molecule has 2 bridgehead atoms. The molecule has 2 aliphatic heterocycles. The molecule has 0 N–H and O–H groups in total. The Morgan fingerprint density at radius 2 is 1.38 bits per heavy atom. The maximum Gasteiger partial charge on any atom is 0.259 e. The molecular weight excluding hydrogens is 711 g/mol. The summed E-state index contributed by atoms with van der Waals surface area (Å²) in [5, 5.41) is 9.42. The minimum absolute atomic E-state index is 0.120. The van der Waals surface area contributed by atoms with E-state index in [-0.39, 0.29) is 38.3 Å². The summed E-state index contributed by atoms with van der Waals surface area (Å²) < 4.78 is 48.6. The number of rotatable bonds is 17. The zero-order valence-electron chi connectivity index (χ0n) is 33.6. The average molecular weight is 767 g/mol. The summed E-state index contributed by atoms with van der Waals surface area (Å²) in [6.07, 6.45) is -1.12. The number of nitriles is 1. The maximum atomic E-state index is 9.42. The number of ether oxygens (including phenoxy) is 5. The molecule has 0 amide bonds. The number of hydrogen-bond donors (Lipinski definition) is 0. The monoisotopic (exact) mass is 766 g/mol. The molecule has 0 saturated carbocycles. The van der Waals surface area contributed by atoms with Crippen LogP contribution in [0, 0.1) is 32.1 Å². The molecule has 0 aromatic heterocycles. The highest BCUT2D eigenvalue weighted by Crippen LogP contribution is 2.57. The van der Waals surface area contributed by atoms with Crippen molar-refractivity contribution in [1.82, 2.24) is 4.67 Å². The molecule has 292 valence electrons. The number of fused-ring (bicyclic) bond motifs is 2. The van der Waals surface area contributed by atoms with E-state index in [2.05, 4.69) is 108 Å². The van der Waals surface area contributed by atoms with E-state index in [1.165, 1.54) is 11.1 Å². The van der Waals surface area contributed by atoms with Crippen molar-refractivity contribution in [3.8, 4) is 17.6 Å². The summed E-state index contributed by atoms with van der Waals surface area (Å²) in [5.74, 6) is 1.49. The number of hydrogen-bond acceptors (Lipinski definition) is 9. The second-order valence-corrected chi connectivity index (χ2v) is 16.4. The first-order chi connectivity index (χ1) is 26.5. The highest BCUT2D eigenvalue weighted by Gasteiger charge is 2.65. The third-order valence-electron chi connectivity index (χ3n) is 10.8. The lowest BCUT2D eigenvalue weighted by molar-refractivity contribution is -0.184. The first kappa shape index (κ1) is 40.8. The van der Waals surface area contributed by atoms with Crippen LogP contribution in [0.3, 0.4) is 0 Å². The van der Waals surface area contributed by atoms with Crippen LogP contribution in [0.5, 0.6) is 11.5 Å². The fourth-order valence-electron chi connectivity index (χ4n) is 7.91. The predicted molar refractivity (Wildman–Crippen MR) is 215 cm³/mol. The minimum Gasteiger partial charge on any atom is -0.497 e. The molecule has 0 aliphatic carbocycles. The second kappa shape index (κ2) is 17.5. The fourth-order valence-corrected chi connectivity index (χ4v) is 9.72. The Hall–Kier alpha value is -3.84. The smallest absolute Gasteiger partial charge is 0.259 e. The van der Waals surface area contributed by atoms with Crippen molar-refractivity contribution in [2.45, 2.75) is 96.5 Å². The van der Waals surface area contributed by atoms with Gasteiger partial charge in [-0.05, 0) is 112 Å². The first-order valence-corrected chi connectivity index (χ1v) is 20.2. The Kier molecular flexibility index (Phi) is 13.0. The molecule has 5 atom stereocenters. The second-order valence-electron chi connectivity index (χ2n) is 15.0. The van der Waals surface area contributed by atoms with Crippen LogP contribution in [-0.2, 0) is 28.9 Å². The van der Waals surface area contributed by atoms with Crippen molar-refractivity contribution < 1.29 is 32.7 Å². The fraction of sp³-hybridized carbons (Fsp3) is 0.444. The molecule has 4 aromatic carbocycles. The van der Waals surface area contributed by atoms with Crippen LogP contribution < -0.4 is 9.47 Å². The van der Waals surface area contributed by atoms with Crippen LogP contribution in [0.25, 0.3) is 0 Å². The number of methoxy groups -OCH3 is 2. The normalized spacial score (nSPS) is 21.3. The van der Waals surface area contributed by atoms with Gasteiger partial charge in [0.05, 0.1) is 46.5 Å². The summed E-state index contributed by atoms with van der Waals surface area (Å²) >= 11 is 0. The highest BCUT2D eigenvalue weighted by molar-refractivity contribution is 7.44. The topological polar surface area (TPSA) is 91.6 Å². The minimum atomic E-state index is -1.62. The molecular formula is C45H55N2O7P. The van der Waals surface area contributed by atoms with Crippen LogP contribution in [0.2, 0.25) is 0 Å². The van der Waals surface area contributed by atoms with E-state index in [4.69, 9.17) is 32.7 Å². The van der Waals surface area contributed by atoms with Crippen molar-refractivity contribution in [3.05, 3.63) is 130 Å². The van der Waals surface area contributed by atoms with Gasteiger partial charge < -0.3 is 32.7 Å². The van der Waals surface area contributed by atoms with Gasteiger partial charge in [0, 0.05) is 12.1 Å². The van der Waals surface area contributed by atoms with E-state index in [1.54, 1.807) is 14.2 Å². The SMILES string of the molecule is COc1ccc(C(OC[C@@]23CO[C@H]([C@H](c4cc(C)c(C)cc4C)O2)[C@@H]3OP(OCCC#N)N(C(C)C)C(C)C)(c2ccccc2)c2ccc(OC)cc2)cc1. The average Bonchev–Trinajstić information content (AvgIpc) is 3.68. The molecule has 9 nitrogen and oxygen atoms in total. The summed E-state index contributed by atoms with van der Waals surface area (Å²) in [4.78, 5) is 0. The third-order valence-corrected chi connectivity index (χ3v) is 12.9. The Labute approximate surface area is 328 Å². The molecule has 2 heterocycles. The Bertz CT molecular complexity index is 1860. The summed E-state index contributed by atoms with van der Waals surface area (Å²) in [6.45, 7) is 15.6. The van der Waals surface area contributed by atoms with E-state index in [9.17, 15) is 5.26 Å². The zero-order chi connectivity index (χ0) is 39.3. The standard InChI is InChI=1S/C45H55N2O7P/c1-30(2)47(31(3)4)55(52-25-13-24-46)54-43-42-41(40-27-33(6)32(5)26-34(40)7)53-44(43,28-50-42)29-51-45(35-14-11-10-12-15-35,36-16-20-38(48-8)21-17-36)37-18-22-39(49-9)23-19-37/h10-12,14-23,26-27,30-31,41-43H,13,25,28-29H2,1-9H3/t41-,42+,43-,44+,55?/m0/s1. The van der Waals surface area contributed by atoms with Gasteiger partial charge in [0.25, 0.3) is 8.53 Å². The van der Waals surface area contributed by atoms with Crippen molar-refractivity contribution in [2.24, 2.45) is 0 Å². The lowest BCUT2D eigenvalue weighted by Gasteiger charge is -2.41. The van der Waals surface area contributed by atoms with Gasteiger partial charge in [-0.15, -0.1) is 0 Å². The number of benzene rings is 4. The van der Waals surface area contributed by atoms with Gasteiger partial charge in [-0.2, -0.15) is 5.26 Å². The molecule has 10 heteroatoms. The summed E-state index contributed by atoms with van der Waals surface area (Å²) in [5.41, 5.74) is 5.30. The van der Waals surface area contributed by atoms with Crippen molar-refractivity contribution in [2.75, 3.05) is 34.0 Å². The van der Waals surface area contributed by atoms with Gasteiger partial charge >= 0.3 is 0 Å². The predicted octanol–water partition coefficient (Wildman–Crippen LogP) is 9.51. The van der Waals surface area contributed by atoms with Crippen LogP contribution in [-0.4, -0.2) is 68.6 Å². The largest absolute Gasteiger partial charge is 0.497 e. The van der Waals surface area contributed by atoms with Crippen LogP contribution in [0.1, 0.15) is 79.2 Å². The molecule has 4 aromatic rings. The van der Waals surface area contributed by atoms with Crippen LogP contribution in [0.4, 0.5) is 0 Å². The van der Waals surface area contributed by atoms with Gasteiger partial charge in [0.1, 0.15) is 41.0 Å². The number of nitrogens with zero attached hydrogens (tertiary/aromatic N) is 2. The zero-order valence-corrected chi connectivity index (χ0v) is 34.5. The van der Waals surface area contributed by atoms with Crippen molar-refractivity contribution in [3.63, 3.8) is 0 Å². The molecule has 6 rings (SSSR count). The van der Waals surface area contributed by atoms with E-state index >= 15 is 0 Å². The lowest BCUT2D eigenvalue weighted by atomic mass is 9.79. The molecule has 2 aliphatic rings. The summed E-state index contributed by atoms with van der Waals surface area (Å²) in [6, 6.07) is 33.2. The van der Waals surface area contributed by atoms with E-state index < -0.39 is 38.0 Å². The quantitative estimate of drug-likeness (QED) is 0.0592. The summed E-state index contributed by atoms with van der Waals surface area (Å²) in [7, 11) is 1.71. The molecule has 0 radical (unpaired) electrons. The van der Waals surface area contributed by atoms with Gasteiger partial charge in [-0.25, -0.2) is 4.67 Å². The van der Waals surface area contributed by atoms with Gasteiger partial charge in [-0.3, -0.25) is 0 Å². The van der Waals surface area contributed by atoms with Gasteiger partial charge in [-0.1, -0.05) is 66.7 Å². The lowest BCUT2D eigenvalue weighted by Crippen LogP contribution is -2.49. The maximum absolute atomic E-state index is 9.42. The molecule has 2 saturated heterocycles. The highest BCUT2D eigenvalue weighted by atomic mass is 31.2. The van der Waals surface area contributed by atoms with Crippen molar-refractivity contribution >= 4 is 8.53 Å². The van der Waals surface area contributed by atoms with E-state index in [0.29, 0.717) is 0 Å². The van der Waals surface area contributed by atoms with E-state index in [0.717, 1.165) is 39.3 Å². The first-order valence-electron chi connectivity index (χ1n) is 19.1. The van der Waals surface area contributed by atoms with Crippen LogP contribution in [0.15, 0.2) is 91.0 Å². The number of aryl methyl sites for hydroxylation is 3. The molecule has 55 heavy (non-hydrogen) atoms. The van der Waals surface area contributed by atoms with Crippen LogP contribution >= 0.6 is 8.53 Å². The van der Waals surface area contributed by atoms with Gasteiger partial charge in [0.15, 0.2) is 0 Å². The Balaban J connectivity index is 1.49. The molecule has 2 fully saturated rings. The van der Waals surface area contributed by atoms with E-state index in [1.807, 2.05) is 42.5 Å².